The van der Waals surface area contributed by atoms with Crippen LogP contribution in [0.25, 0.3) is 11.4 Å². The highest BCUT2D eigenvalue weighted by Gasteiger charge is 2.35. The van der Waals surface area contributed by atoms with Gasteiger partial charge in [0, 0.05) is 24.2 Å². The summed E-state index contributed by atoms with van der Waals surface area (Å²) in [5.41, 5.74) is 2.69. The van der Waals surface area contributed by atoms with Gasteiger partial charge < -0.3 is 23.6 Å². The Balaban J connectivity index is 1.59. The number of aromatic nitrogens is 2. The predicted molar refractivity (Wildman–Crippen MR) is 110 cm³/mol. The first-order valence-electron chi connectivity index (χ1n) is 9.55. The highest BCUT2D eigenvalue weighted by molar-refractivity contribution is 5.96. The lowest BCUT2D eigenvalue weighted by Crippen LogP contribution is -2.24. The first-order chi connectivity index (χ1) is 14.5. The average molecular weight is 409 g/mol. The molecule has 1 aromatic heterocycles. The SMILES string of the molecule is COc1cc(-c2noc([C@H]3CC(=O)N(c4ccc(C)cc4)C3)n2)cc(OC)c1OC. The molecule has 1 aliphatic heterocycles. The fourth-order valence-electron chi connectivity index (χ4n) is 3.58. The van der Waals surface area contributed by atoms with Crippen molar-refractivity contribution < 1.29 is 23.5 Å². The van der Waals surface area contributed by atoms with Crippen molar-refractivity contribution in [3.8, 4) is 28.6 Å². The summed E-state index contributed by atoms with van der Waals surface area (Å²) in [6.07, 6.45) is 0.324. The summed E-state index contributed by atoms with van der Waals surface area (Å²) < 4.78 is 21.6. The monoisotopic (exact) mass is 409 g/mol. The molecule has 1 saturated heterocycles. The maximum Gasteiger partial charge on any atom is 0.232 e. The van der Waals surface area contributed by atoms with E-state index in [1.165, 1.54) is 0 Å². The molecule has 0 spiro atoms. The molecule has 0 bridgehead atoms. The molecule has 1 fully saturated rings. The smallest absolute Gasteiger partial charge is 0.232 e. The number of carbonyl (C=O) groups is 1. The molecule has 0 radical (unpaired) electrons. The van der Waals surface area contributed by atoms with Gasteiger partial charge in [0.25, 0.3) is 0 Å². The lowest BCUT2D eigenvalue weighted by Gasteiger charge is -2.16. The van der Waals surface area contributed by atoms with E-state index < -0.39 is 0 Å². The summed E-state index contributed by atoms with van der Waals surface area (Å²) in [6.45, 7) is 2.51. The summed E-state index contributed by atoms with van der Waals surface area (Å²) in [6, 6.07) is 11.4. The number of methoxy groups -OCH3 is 3. The topological polar surface area (TPSA) is 86.9 Å². The minimum atomic E-state index is -0.165. The molecule has 0 saturated carbocycles. The van der Waals surface area contributed by atoms with E-state index >= 15 is 0 Å². The standard InChI is InChI=1S/C22H23N3O5/c1-13-5-7-16(8-6-13)25-12-15(11-19(25)26)22-23-21(24-30-22)14-9-17(27-2)20(29-4)18(10-14)28-3/h5-10,15H,11-12H2,1-4H3/t15-/m0/s1. The van der Waals surface area contributed by atoms with Gasteiger partial charge in [-0.15, -0.1) is 0 Å². The second-order valence-corrected chi connectivity index (χ2v) is 7.11. The summed E-state index contributed by atoms with van der Waals surface area (Å²) in [4.78, 5) is 18.8. The third-order valence-corrected chi connectivity index (χ3v) is 5.18. The molecule has 3 aromatic rings. The minimum Gasteiger partial charge on any atom is -0.493 e. The summed E-state index contributed by atoms with van der Waals surface area (Å²) in [7, 11) is 4.64. The van der Waals surface area contributed by atoms with Crippen molar-refractivity contribution in [3.63, 3.8) is 0 Å². The van der Waals surface area contributed by atoms with E-state index in [-0.39, 0.29) is 11.8 Å². The molecule has 156 valence electrons. The molecular formula is C22H23N3O5. The molecule has 30 heavy (non-hydrogen) atoms. The quantitative estimate of drug-likeness (QED) is 0.615. The van der Waals surface area contributed by atoms with Crippen LogP contribution in [0.1, 0.15) is 23.8 Å². The second-order valence-electron chi connectivity index (χ2n) is 7.11. The first-order valence-corrected chi connectivity index (χ1v) is 9.55. The van der Waals surface area contributed by atoms with E-state index in [1.54, 1.807) is 38.4 Å². The fraction of sp³-hybridized carbons (Fsp3) is 0.318. The zero-order valence-corrected chi connectivity index (χ0v) is 17.3. The highest BCUT2D eigenvalue weighted by atomic mass is 16.5. The van der Waals surface area contributed by atoms with E-state index in [0.717, 1.165) is 11.3 Å². The van der Waals surface area contributed by atoms with Crippen LogP contribution in [-0.2, 0) is 4.79 Å². The molecule has 1 aliphatic rings. The number of hydrogen-bond donors (Lipinski definition) is 0. The zero-order chi connectivity index (χ0) is 21.3. The molecule has 8 nitrogen and oxygen atoms in total. The third-order valence-electron chi connectivity index (χ3n) is 5.18. The molecule has 0 unspecified atom stereocenters. The number of nitrogens with zero attached hydrogens (tertiary/aromatic N) is 3. The number of anilines is 1. The minimum absolute atomic E-state index is 0.0383. The van der Waals surface area contributed by atoms with Gasteiger partial charge in [-0.2, -0.15) is 4.98 Å². The molecule has 1 atom stereocenters. The van der Waals surface area contributed by atoms with Crippen LogP contribution in [0, 0.1) is 6.92 Å². The first kappa shape index (κ1) is 19.8. The van der Waals surface area contributed by atoms with Crippen LogP contribution >= 0.6 is 0 Å². The van der Waals surface area contributed by atoms with Gasteiger partial charge in [-0.05, 0) is 31.2 Å². The summed E-state index contributed by atoms with van der Waals surface area (Å²) in [5, 5.41) is 4.10. The van der Waals surface area contributed by atoms with E-state index in [1.807, 2.05) is 31.2 Å². The van der Waals surface area contributed by atoms with Crippen molar-refractivity contribution in [1.82, 2.24) is 10.1 Å². The lowest BCUT2D eigenvalue weighted by molar-refractivity contribution is -0.117. The van der Waals surface area contributed by atoms with Gasteiger partial charge in [0.15, 0.2) is 11.5 Å². The maximum absolute atomic E-state index is 12.5. The third kappa shape index (κ3) is 3.56. The van der Waals surface area contributed by atoms with Crippen molar-refractivity contribution in [3.05, 3.63) is 47.9 Å². The van der Waals surface area contributed by atoms with Gasteiger partial charge in [-0.1, -0.05) is 22.9 Å². The number of carbonyl (C=O) groups excluding carboxylic acids is 1. The average Bonchev–Trinajstić information content (AvgIpc) is 3.40. The zero-order valence-electron chi connectivity index (χ0n) is 17.3. The summed E-state index contributed by atoms with van der Waals surface area (Å²) >= 11 is 0. The molecule has 0 aliphatic carbocycles. The number of hydrogen-bond acceptors (Lipinski definition) is 7. The summed E-state index contributed by atoms with van der Waals surface area (Å²) in [5.74, 6) is 2.19. The van der Waals surface area contributed by atoms with Crippen molar-refractivity contribution in [2.75, 3.05) is 32.8 Å². The van der Waals surface area contributed by atoms with E-state index in [4.69, 9.17) is 18.7 Å². The van der Waals surface area contributed by atoms with Gasteiger partial charge in [0.05, 0.1) is 27.2 Å². The number of aryl methyl sites for hydroxylation is 1. The van der Waals surface area contributed by atoms with Crippen LogP contribution in [-0.4, -0.2) is 43.9 Å². The highest BCUT2D eigenvalue weighted by Crippen LogP contribution is 2.41. The maximum atomic E-state index is 12.5. The molecule has 8 heteroatoms. The molecule has 2 heterocycles. The Labute approximate surface area is 174 Å². The normalized spacial score (nSPS) is 16.1. The Bertz CT molecular complexity index is 1040. The number of ether oxygens (including phenoxy) is 3. The molecule has 2 aromatic carbocycles. The molecule has 1 amide bonds. The van der Waals surface area contributed by atoms with E-state index in [0.29, 0.717) is 47.5 Å². The van der Waals surface area contributed by atoms with Gasteiger partial charge in [0.1, 0.15) is 0 Å². The van der Waals surface area contributed by atoms with Crippen LogP contribution in [0.15, 0.2) is 40.9 Å². The predicted octanol–water partition coefficient (Wildman–Crippen LogP) is 3.59. The number of amides is 1. The van der Waals surface area contributed by atoms with Gasteiger partial charge in [-0.3, -0.25) is 4.79 Å². The van der Waals surface area contributed by atoms with E-state index in [9.17, 15) is 4.79 Å². The van der Waals surface area contributed by atoms with Crippen molar-refractivity contribution in [2.45, 2.75) is 19.3 Å². The molecule has 4 rings (SSSR count). The largest absolute Gasteiger partial charge is 0.493 e. The lowest BCUT2D eigenvalue weighted by atomic mass is 10.1. The van der Waals surface area contributed by atoms with Crippen molar-refractivity contribution >= 4 is 11.6 Å². The van der Waals surface area contributed by atoms with Gasteiger partial charge in [-0.25, -0.2) is 0 Å². The fourth-order valence-corrected chi connectivity index (χ4v) is 3.58. The van der Waals surface area contributed by atoms with Gasteiger partial charge >= 0.3 is 0 Å². The van der Waals surface area contributed by atoms with Gasteiger partial charge in [0.2, 0.25) is 23.4 Å². The van der Waals surface area contributed by atoms with Crippen molar-refractivity contribution in [1.29, 1.82) is 0 Å². The molecular weight excluding hydrogens is 386 g/mol. The van der Waals surface area contributed by atoms with Crippen LogP contribution in [0.2, 0.25) is 0 Å². The second kappa shape index (κ2) is 8.06. The van der Waals surface area contributed by atoms with E-state index in [2.05, 4.69) is 10.1 Å². The van der Waals surface area contributed by atoms with Crippen LogP contribution < -0.4 is 19.1 Å². The Kier molecular flexibility index (Phi) is 5.31. The Morgan fingerprint density at radius 3 is 2.30 bits per heavy atom. The van der Waals surface area contributed by atoms with Crippen LogP contribution in [0.3, 0.4) is 0 Å². The Morgan fingerprint density at radius 2 is 1.70 bits per heavy atom. The number of benzene rings is 2. The number of rotatable bonds is 6. The van der Waals surface area contributed by atoms with Crippen LogP contribution in [0.4, 0.5) is 5.69 Å². The molecule has 0 N–H and O–H groups in total. The van der Waals surface area contributed by atoms with Crippen molar-refractivity contribution in [2.24, 2.45) is 0 Å². The Hall–Kier alpha value is -3.55. The van der Waals surface area contributed by atoms with Crippen LogP contribution in [0.5, 0.6) is 17.2 Å². The Morgan fingerprint density at radius 1 is 1.03 bits per heavy atom.